The largest absolute Gasteiger partial charge is 0.332 e. The molecule has 25 heavy (non-hydrogen) atoms. The zero-order valence-corrected chi connectivity index (χ0v) is 13.6. The normalized spacial score (nSPS) is 15.8. The van der Waals surface area contributed by atoms with Crippen LogP contribution in [0.1, 0.15) is 41.9 Å². The summed E-state index contributed by atoms with van der Waals surface area (Å²) in [5, 5.41) is 8.00. The van der Waals surface area contributed by atoms with Crippen molar-refractivity contribution in [3.8, 4) is 11.6 Å². The Kier molecular flexibility index (Phi) is 3.45. The van der Waals surface area contributed by atoms with Crippen molar-refractivity contribution in [3.05, 3.63) is 52.7 Å². The standard InChI is InChI=1S/C17H15F3N4O/c1-9-5-10(7-11(18)6-9)17(3-4-17)16-21-15(25-23-16)12-8-13(14(19)20)24(2)22-12/h5-8,14H,3-4H2,1-2H3. The quantitative estimate of drug-likeness (QED) is 0.717. The molecule has 0 radical (unpaired) electrons. The van der Waals surface area contributed by atoms with Gasteiger partial charge >= 0.3 is 0 Å². The molecule has 130 valence electrons. The van der Waals surface area contributed by atoms with Gasteiger partial charge in [0.2, 0.25) is 0 Å². The van der Waals surface area contributed by atoms with E-state index in [-0.39, 0.29) is 23.1 Å². The third kappa shape index (κ3) is 2.61. The average Bonchev–Trinajstić information content (AvgIpc) is 3.02. The van der Waals surface area contributed by atoms with Gasteiger partial charge in [-0.25, -0.2) is 13.2 Å². The SMILES string of the molecule is Cc1cc(F)cc(C2(c3noc(-c4cc(C(F)F)n(C)n4)n3)CC2)c1. The van der Waals surface area contributed by atoms with Crippen LogP contribution in [0.15, 0.2) is 28.8 Å². The number of halogens is 3. The van der Waals surface area contributed by atoms with Gasteiger partial charge in [0.25, 0.3) is 12.3 Å². The van der Waals surface area contributed by atoms with Crippen LogP contribution in [0.5, 0.6) is 0 Å². The van der Waals surface area contributed by atoms with Gasteiger partial charge in [-0.15, -0.1) is 0 Å². The second-order valence-electron chi connectivity index (χ2n) is 6.40. The van der Waals surface area contributed by atoms with Crippen LogP contribution >= 0.6 is 0 Å². The number of hydrogen-bond donors (Lipinski definition) is 0. The van der Waals surface area contributed by atoms with E-state index in [0.29, 0.717) is 5.82 Å². The number of nitrogens with zero attached hydrogens (tertiary/aromatic N) is 4. The average molecular weight is 348 g/mol. The van der Waals surface area contributed by atoms with Gasteiger partial charge in [0.05, 0.1) is 5.41 Å². The Bertz CT molecular complexity index is 923. The summed E-state index contributed by atoms with van der Waals surface area (Å²) >= 11 is 0. The third-order valence-corrected chi connectivity index (χ3v) is 4.56. The number of aryl methyl sites for hydroxylation is 2. The summed E-state index contributed by atoms with van der Waals surface area (Å²) in [5.74, 6) is 0.199. The molecule has 0 unspecified atom stereocenters. The first-order valence-electron chi connectivity index (χ1n) is 7.83. The highest BCUT2D eigenvalue weighted by molar-refractivity contribution is 5.49. The summed E-state index contributed by atoms with van der Waals surface area (Å²) < 4.78 is 45.9. The minimum Gasteiger partial charge on any atom is -0.332 e. The maximum Gasteiger partial charge on any atom is 0.280 e. The van der Waals surface area contributed by atoms with Crippen molar-refractivity contribution in [1.29, 1.82) is 0 Å². The van der Waals surface area contributed by atoms with E-state index in [1.807, 2.05) is 13.0 Å². The van der Waals surface area contributed by atoms with Crippen LogP contribution < -0.4 is 0 Å². The monoisotopic (exact) mass is 348 g/mol. The van der Waals surface area contributed by atoms with Crippen LogP contribution in [-0.4, -0.2) is 19.9 Å². The molecule has 3 aromatic rings. The summed E-state index contributed by atoms with van der Waals surface area (Å²) in [6, 6.07) is 6.07. The molecule has 0 N–H and O–H groups in total. The maximum absolute atomic E-state index is 13.7. The number of rotatable bonds is 4. The first kappa shape index (κ1) is 15.9. The smallest absolute Gasteiger partial charge is 0.280 e. The molecular formula is C17H15F3N4O. The minimum atomic E-state index is -2.64. The Balaban J connectivity index is 1.71. The van der Waals surface area contributed by atoms with Crippen molar-refractivity contribution in [1.82, 2.24) is 19.9 Å². The summed E-state index contributed by atoms with van der Waals surface area (Å²) in [6.07, 6.45) is -1.09. The van der Waals surface area contributed by atoms with E-state index >= 15 is 0 Å². The lowest BCUT2D eigenvalue weighted by atomic mass is 9.93. The fourth-order valence-corrected chi connectivity index (χ4v) is 3.09. The van der Waals surface area contributed by atoms with Crippen LogP contribution in [0.4, 0.5) is 13.2 Å². The van der Waals surface area contributed by atoms with Gasteiger partial charge in [-0.05, 0) is 49.1 Å². The van der Waals surface area contributed by atoms with Crippen LogP contribution in [0.25, 0.3) is 11.6 Å². The molecule has 0 atom stereocenters. The summed E-state index contributed by atoms with van der Waals surface area (Å²) in [7, 11) is 1.43. The molecule has 1 aromatic carbocycles. The van der Waals surface area contributed by atoms with E-state index in [9.17, 15) is 13.2 Å². The lowest BCUT2D eigenvalue weighted by molar-refractivity contribution is 0.141. The second kappa shape index (κ2) is 5.44. The van der Waals surface area contributed by atoms with Gasteiger partial charge in [-0.1, -0.05) is 11.2 Å². The van der Waals surface area contributed by atoms with Crippen molar-refractivity contribution in [2.24, 2.45) is 7.05 Å². The Morgan fingerprint density at radius 3 is 2.56 bits per heavy atom. The lowest BCUT2D eigenvalue weighted by Gasteiger charge is -2.12. The van der Waals surface area contributed by atoms with Gasteiger partial charge in [0.1, 0.15) is 11.5 Å². The number of benzene rings is 1. The van der Waals surface area contributed by atoms with Crippen LogP contribution in [0.3, 0.4) is 0 Å². The fourth-order valence-electron chi connectivity index (χ4n) is 3.09. The molecule has 1 aliphatic carbocycles. The summed E-state index contributed by atoms with van der Waals surface area (Å²) in [4.78, 5) is 4.34. The Morgan fingerprint density at radius 2 is 1.96 bits per heavy atom. The van der Waals surface area contributed by atoms with Crippen LogP contribution in [0.2, 0.25) is 0 Å². The second-order valence-corrected chi connectivity index (χ2v) is 6.40. The molecule has 1 aliphatic rings. The van der Waals surface area contributed by atoms with Gasteiger partial charge in [0.15, 0.2) is 11.5 Å². The van der Waals surface area contributed by atoms with E-state index in [1.165, 1.54) is 25.2 Å². The molecule has 1 fully saturated rings. The van der Waals surface area contributed by atoms with Crippen molar-refractivity contribution < 1.29 is 17.7 Å². The van der Waals surface area contributed by atoms with Crippen LogP contribution in [0, 0.1) is 12.7 Å². The van der Waals surface area contributed by atoms with Gasteiger partial charge in [-0.2, -0.15) is 10.1 Å². The molecule has 4 rings (SSSR count). The zero-order chi connectivity index (χ0) is 17.8. The molecule has 2 aromatic heterocycles. The van der Waals surface area contributed by atoms with Gasteiger partial charge in [-0.3, -0.25) is 4.68 Å². The van der Waals surface area contributed by atoms with E-state index in [0.717, 1.165) is 28.7 Å². The van der Waals surface area contributed by atoms with E-state index in [2.05, 4.69) is 15.2 Å². The summed E-state index contributed by atoms with van der Waals surface area (Å²) in [6.45, 7) is 1.82. The number of aromatic nitrogens is 4. The van der Waals surface area contributed by atoms with Gasteiger partial charge in [0, 0.05) is 7.05 Å². The molecule has 5 nitrogen and oxygen atoms in total. The maximum atomic E-state index is 13.7. The Labute approximate surface area is 141 Å². The van der Waals surface area contributed by atoms with Crippen LogP contribution in [-0.2, 0) is 12.5 Å². The van der Waals surface area contributed by atoms with Crippen molar-refractivity contribution in [3.63, 3.8) is 0 Å². The van der Waals surface area contributed by atoms with Gasteiger partial charge < -0.3 is 4.52 Å². The number of hydrogen-bond acceptors (Lipinski definition) is 4. The van der Waals surface area contributed by atoms with E-state index < -0.39 is 11.8 Å². The molecule has 0 spiro atoms. The zero-order valence-electron chi connectivity index (χ0n) is 13.6. The molecule has 1 saturated carbocycles. The molecule has 0 bridgehead atoms. The molecule has 0 saturated heterocycles. The Hall–Kier alpha value is -2.64. The van der Waals surface area contributed by atoms with Crippen molar-refractivity contribution in [2.45, 2.75) is 31.6 Å². The minimum absolute atomic E-state index is 0.0805. The summed E-state index contributed by atoms with van der Waals surface area (Å²) in [5.41, 5.74) is 1.11. The fraction of sp³-hybridized carbons (Fsp3) is 0.353. The first-order chi connectivity index (χ1) is 11.9. The molecule has 0 amide bonds. The molecule has 8 heteroatoms. The van der Waals surface area contributed by atoms with Crippen molar-refractivity contribution >= 4 is 0 Å². The molecule has 2 heterocycles. The lowest BCUT2D eigenvalue weighted by Crippen LogP contribution is -2.11. The molecular weight excluding hydrogens is 333 g/mol. The first-order valence-corrected chi connectivity index (χ1v) is 7.83. The highest BCUT2D eigenvalue weighted by Gasteiger charge is 2.50. The predicted molar refractivity (Wildman–Crippen MR) is 82.6 cm³/mol. The highest BCUT2D eigenvalue weighted by atomic mass is 19.3. The third-order valence-electron chi connectivity index (χ3n) is 4.56. The van der Waals surface area contributed by atoms with E-state index in [4.69, 9.17) is 4.52 Å². The van der Waals surface area contributed by atoms with Crippen molar-refractivity contribution in [2.75, 3.05) is 0 Å². The number of alkyl halides is 2. The highest BCUT2D eigenvalue weighted by Crippen LogP contribution is 2.52. The topological polar surface area (TPSA) is 56.7 Å². The Morgan fingerprint density at radius 1 is 1.20 bits per heavy atom. The molecule has 0 aliphatic heterocycles. The predicted octanol–water partition coefficient (Wildman–Crippen LogP) is 3.94. The van der Waals surface area contributed by atoms with E-state index in [1.54, 1.807) is 0 Å².